The van der Waals surface area contributed by atoms with Crippen LogP contribution in [0.25, 0.3) is 0 Å². The SMILES string of the molecule is CC(C)CCCC(NN)C1C2CCCC21. The molecule has 2 saturated carbocycles. The number of rotatable bonds is 6. The fourth-order valence-electron chi connectivity index (χ4n) is 3.61. The summed E-state index contributed by atoms with van der Waals surface area (Å²) < 4.78 is 0. The number of fused-ring (bicyclic) bond motifs is 1. The first kappa shape index (κ1) is 11.4. The second kappa shape index (κ2) is 4.84. The predicted molar refractivity (Wildman–Crippen MR) is 64.1 cm³/mol. The highest BCUT2D eigenvalue weighted by atomic mass is 15.2. The molecule has 0 saturated heterocycles. The summed E-state index contributed by atoms with van der Waals surface area (Å²) in [6.45, 7) is 4.60. The van der Waals surface area contributed by atoms with Gasteiger partial charge in [0.25, 0.3) is 0 Å². The third-order valence-corrected chi connectivity index (χ3v) is 4.45. The van der Waals surface area contributed by atoms with Gasteiger partial charge in [-0.25, -0.2) is 0 Å². The maximum absolute atomic E-state index is 5.68. The van der Waals surface area contributed by atoms with Crippen LogP contribution in [0.3, 0.4) is 0 Å². The minimum atomic E-state index is 0.610. The lowest BCUT2D eigenvalue weighted by molar-refractivity contribution is 0.370. The summed E-state index contributed by atoms with van der Waals surface area (Å²) in [5.41, 5.74) is 3.07. The fraction of sp³-hybridized carbons (Fsp3) is 1.00. The lowest BCUT2D eigenvalue weighted by atomic mass is 9.97. The summed E-state index contributed by atoms with van der Waals surface area (Å²) >= 11 is 0. The van der Waals surface area contributed by atoms with Gasteiger partial charge in [0.15, 0.2) is 0 Å². The van der Waals surface area contributed by atoms with Crippen molar-refractivity contribution in [2.24, 2.45) is 29.5 Å². The van der Waals surface area contributed by atoms with Gasteiger partial charge in [-0.15, -0.1) is 0 Å². The van der Waals surface area contributed by atoms with Gasteiger partial charge < -0.3 is 0 Å². The zero-order valence-corrected chi connectivity index (χ0v) is 10.2. The summed E-state index contributed by atoms with van der Waals surface area (Å²) in [5, 5.41) is 0. The van der Waals surface area contributed by atoms with Crippen molar-refractivity contribution in [3.05, 3.63) is 0 Å². The molecule has 0 aromatic heterocycles. The number of hydrogen-bond donors (Lipinski definition) is 2. The molecule has 2 nitrogen and oxygen atoms in total. The van der Waals surface area contributed by atoms with E-state index in [1.165, 1.54) is 38.5 Å². The molecule has 2 rings (SSSR count). The van der Waals surface area contributed by atoms with E-state index in [0.717, 1.165) is 23.7 Å². The van der Waals surface area contributed by atoms with Gasteiger partial charge in [-0.2, -0.15) is 0 Å². The molecule has 3 atom stereocenters. The van der Waals surface area contributed by atoms with Crippen molar-refractivity contribution in [1.82, 2.24) is 5.43 Å². The Labute approximate surface area is 94.0 Å². The van der Waals surface area contributed by atoms with Crippen LogP contribution < -0.4 is 11.3 Å². The van der Waals surface area contributed by atoms with Crippen molar-refractivity contribution in [2.45, 2.75) is 58.4 Å². The van der Waals surface area contributed by atoms with Crippen LogP contribution in [0.5, 0.6) is 0 Å². The Morgan fingerprint density at radius 2 is 1.87 bits per heavy atom. The molecule has 0 aromatic carbocycles. The number of nitrogens with two attached hydrogens (primary N) is 1. The number of hydrogen-bond acceptors (Lipinski definition) is 2. The smallest absolute Gasteiger partial charge is 0.0244 e. The van der Waals surface area contributed by atoms with Crippen molar-refractivity contribution in [1.29, 1.82) is 0 Å². The standard InChI is InChI=1S/C13H26N2/c1-9(2)5-3-8-12(15-14)13-10-6-4-7-11(10)13/h9-13,15H,3-8,14H2,1-2H3. The van der Waals surface area contributed by atoms with E-state index in [1.54, 1.807) is 0 Å². The van der Waals surface area contributed by atoms with Crippen LogP contribution in [0.15, 0.2) is 0 Å². The predicted octanol–water partition coefficient (Wildman–Crippen LogP) is 2.69. The van der Waals surface area contributed by atoms with Gasteiger partial charge in [-0.05, 0) is 42.9 Å². The minimum absolute atomic E-state index is 0.610. The quantitative estimate of drug-likeness (QED) is 0.522. The van der Waals surface area contributed by atoms with Crippen molar-refractivity contribution >= 4 is 0 Å². The molecule has 2 aliphatic rings. The third-order valence-electron chi connectivity index (χ3n) is 4.45. The Bertz CT molecular complexity index is 193. The molecular formula is C13H26N2. The number of hydrazine groups is 1. The molecule has 0 aliphatic heterocycles. The molecule has 0 spiro atoms. The van der Waals surface area contributed by atoms with E-state index in [4.69, 9.17) is 5.84 Å². The van der Waals surface area contributed by atoms with E-state index in [-0.39, 0.29) is 0 Å². The van der Waals surface area contributed by atoms with E-state index in [0.29, 0.717) is 6.04 Å². The summed E-state index contributed by atoms with van der Waals surface area (Å²) in [6.07, 6.45) is 8.37. The van der Waals surface area contributed by atoms with Crippen LogP contribution in [0.4, 0.5) is 0 Å². The van der Waals surface area contributed by atoms with E-state index in [1.807, 2.05) is 0 Å². The van der Waals surface area contributed by atoms with E-state index in [2.05, 4.69) is 19.3 Å². The summed E-state index contributed by atoms with van der Waals surface area (Å²) in [6, 6.07) is 0.610. The highest BCUT2D eigenvalue weighted by molar-refractivity contribution is 5.05. The second-order valence-corrected chi connectivity index (χ2v) is 5.93. The van der Waals surface area contributed by atoms with Crippen molar-refractivity contribution in [3.63, 3.8) is 0 Å². The molecular weight excluding hydrogens is 184 g/mol. The Hall–Kier alpha value is -0.0800. The molecule has 2 aliphatic carbocycles. The number of nitrogens with one attached hydrogen (secondary N) is 1. The lowest BCUT2D eigenvalue weighted by Crippen LogP contribution is -2.38. The van der Waals surface area contributed by atoms with Crippen LogP contribution in [0.2, 0.25) is 0 Å². The Kier molecular flexibility index (Phi) is 3.68. The molecule has 3 unspecified atom stereocenters. The van der Waals surface area contributed by atoms with Gasteiger partial charge in [-0.1, -0.05) is 33.1 Å². The van der Waals surface area contributed by atoms with Crippen molar-refractivity contribution < 1.29 is 0 Å². The summed E-state index contributed by atoms with van der Waals surface area (Å²) in [4.78, 5) is 0. The molecule has 0 aromatic rings. The van der Waals surface area contributed by atoms with Crippen LogP contribution in [0, 0.1) is 23.7 Å². The molecule has 0 amide bonds. The maximum atomic E-state index is 5.68. The van der Waals surface area contributed by atoms with Gasteiger partial charge in [0.1, 0.15) is 0 Å². The molecule has 3 N–H and O–H groups in total. The molecule has 2 heteroatoms. The molecule has 0 radical (unpaired) electrons. The topological polar surface area (TPSA) is 38.0 Å². The average molecular weight is 210 g/mol. The summed E-state index contributed by atoms with van der Waals surface area (Å²) in [7, 11) is 0. The molecule has 2 fully saturated rings. The maximum Gasteiger partial charge on any atom is 0.0244 e. The lowest BCUT2D eigenvalue weighted by Gasteiger charge is -2.18. The zero-order chi connectivity index (χ0) is 10.8. The fourth-order valence-corrected chi connectivity index (χ4v) is 3.61. The van der Waals surface area contributed by atoms with Gasteiger partial charge in [0, 0.05) is 6.04 Å². The Balaban J connectivity index is 1.69. The molecule has 88 valence electrons. The van der Waals surface area contributed by atoms with Crippen LogP contribution >= 0.6 is 0 Å². The normalized spacial score (nSPS) is 35.6. The van der Waals surface area contributed by atoms with Gasteiger partial charge in [-0.3, -0.25) is 11.3 Å². The minimum Gasteiger partial charge on any atom is -0.271 e. The largest absolute Gasteiger partial charge is 0.271 e. The second-order valence-electron chi connectivity index (χ2n) is 5.93. The average Bonchev–Trinajstić information content (AvgIpc) is 2.69. The highest BCUT2D eigenvalue weighted by Gasteiger charge is 2.55. The van der Waals surface area contributed by atoms with E-state index >= 15 is 0 Å². The molecule has 0 heterocycles. The van der Waals surface area contributed by atoms with E-state index in [9.17, 15) is 0 Å². The Morgan fingerprint density at radius 3 is 2.40 bits per heavy atom. The molecule has 0 bridgehead atoms. The van der Waals surface area contributed by atoms with Crippen LogP contribution in [0.1, 0.15) is 52.4 Å². The van der Waals surface area contributed by atoms with Crippen molar-refractivity contribution in [2.75, 3.05) is 0 Å². The first-order valence-electron chi connectivity index (χ1n) is 6.70. The van der Waals surface area contributed by atoms with Gasteiger partial charge in [0.2, 0.25) is 0 Å². The van der Waals surface area contributed by atoms with Crippen LogP contribution in [-0.4, -0.2) is 6.04 Å². The first-order chi connectivity index (χ1) is 7.24. The van der Waals surface area contributed by atoms with Gasteiger partial charge >= 0.3 is 0 Å². The first-order valence-corrected chi connectivity index (χ1v) is 6.70. The van der Waals surface area contributed by atoms with Gasteiger partial charge in [0.05, 0.1) is 0 Å². The Morgan fingerprint density at radius 1 is 1.20 bits per heavy atom. The monoisotopic (exact) mass is 210 g/mol. The van der Waals surface area contributed by atoms with E-state index < -0.39 is 0 Å². The van der Waals surface area contributed by atoms with Crippen molar-refractivity contribution in [3.8, 4) is 0 Å². The summed E-state index contributed by atoms with van der Waals surface area (Å²) in [5.74, 6) is 9.51. The third kappa shape index (κ3) is 2.54. The zero-order valence-electron chi connectivity index (χ0n) is 10.2. The highest BCUT2D eigenvalue weighted by Crippen LogP contribution is 2.59. The van der Waals surface area contributed by atoms with Crippen LogP contribution in [-0.2, 0) is 0 Å². The molecule has 15 heavy (non-hydrogen) atoms.